The predicted octanol–water partition coefficient (Wildman–Crippen LogP) is 3.40. The van der Waals surface area contributed by atoms with Crippen LogP contribution in [0.1, 0.15) is 39.5 Å². The van der Waals surface area contributed by atoms with Gasteiger partial charge in [-0.25, -0.2) is 0 Å². The number of halogens is 4. The molecule has 0 unspecified atom stereocenters. The second-order valence-corrected chi connectivity index (χ2v) is 3.73. The molecular formula is C12H16F4O2. The number of carbonyl (C=O) groups is 1. The molecule has 0 heterocycles. The summed E-state index contributed by atoms with van der Waals surface area (Å²) >= 11 is 0. The van der Waals surface area contributed by atoms with Crippen LogP contribution in [0.15, 0.2) is 0 Å². The summed E-state index contributed by atoms with van der Waals surface area (Å²) in [5.74, 6) is -5.47. The monoisotopic (exact) mass is 268 g/mol. The summed E-state index contributed by atoms with van der Waals surface area (Å²) in [6.45, 7) is 2.42. The molecule has 0 aromatic heterocycles. The fourth-order valence-electron chi connectivity index (χ4n) is 1.02. The molecule has 0 aliphatic carbocycles. The summed E-state index contributed by atoms with van der Waals surface area (Å²) in [4.78, 5) is 10.4. The van der Waals surface area contributed by atoms with Gasteiger partial charge in [-0.15, -0.1) is 0 Å². The molecule has 0 aliphatic rings. The number of alkyl halides is 4. The standard InChI is InChI=1S/C12H16F4O2/c1-3-11(13,14)12(15,16)8-6-4-5-7-9-18-10(2)17/h3-5,7,9H2,1-2H3. The minimum absolute atomic E-state index is 0.0661. The van der Waals surface area contributed by atoms with Crippen molar-refractivity contribution in [3.8, 4) is 11.8 Å². The van der Waals surface area contributed by atoms with Crippen molar-refractivity contribution in [1.29, 1.82) is 0 Å². The minimum atomic E-state index is -4.29. The highest BCUT2D eigenvalue weighted by atomic mass is 19.3. The van der Waals surface area contributed by atoms with E-state index in [1.165, 1.54) is 12.8 Å². The molecule has 0 aromatic rings. The van der Waals surface area contributed by atoms with E-state index in [0.717, 1.165) is 6.92 Å². The van der Waals surface area contributed by atoms with E-state index in [1.54, 1.807) is 0 Å². The second kappa shape index (κ2) is 7.24. The van der Waals surface area contributed by atoms with Crippen LogP contribution in [0.3, 0.4) is 0 Å². The van der Waals surface area contributed by atoms with Crippen LogP contribution < -0.4 is 0 Å². The fraction of sp³-hybridized carbons (Fsp3) is 0.750. The SMILES string of the molecule is CCC(F)(F)C(F)(F)C#CCCCCOC(C)=O. The highest BCUT2D eigenvalue weighted by Gasteiger charge is 2.53. The number of unbranched alkanes of at least 4 members (excludes halogenated alkanes) is 2. The van der Waals surface area contributed by atoms with Gasteiger partial charge in [-0.3, -0.25) is 4.79 Å². The van der Waals surface area contributed by atoms with E-state index in [-0.39, 0.29) is 13.0 Å². The molecule has 0 radical (unpaired) electrons. The van der Waals surface area contributed by atoms with Gasteiger partial charge in [0.05, 0.1) is 6.61 Å². The average Bonchev–Trinajstić information content (AvgIpc) is 2.27. The lowest BCUT2D eigenvalue weighted by Crippen LogP contribution is -2.38. The van der Waals surface area contributed by atoms with Crippen molar-refractivity contribution in [2.24, 2.45) is 0 Å². The minimum Gasteiger partial charge on any atom is -0.466 e. The summed E-state index contributed by atoms with van der Waals surface area (Å²) in [5.41, 5.74) is 0. The molecule has 0 saturated carbocycles. The molecular weight excluding hydrogens is 252 g/mol. The van der Waals surface area contributed by atoms with E-state index < -0.39 is 24.2 Å². The van der Waals surface area contributed by atoms with Gasteiger partial charge in [0, 0.05) is 19.8 Å². The van der Waals surface area contributed by atoms with Crippen molar-refractivity contribution in [2.45, 2.75) is 51.4 Å². The topological polar surface area (TPSA) is 26.3 Å². The summed E-state index contributed by atoms with van der Waals surface area (Å²) < 4.78 is 55.9. The molecule has 6 heteroatoms. The zero-order valence-corrected chi connectivity index (χ0v) is 10.4. The van der Waals surface area contributed by atoms with Crippen molar-refractivity contribution >= 4 is 5.97 Å². The molecule has 0 aromatic carbocycles. The summed E-state index contributed by atoms with van der Waals surface area (Å²) in [7, 11) is 0. The first-order valence-electron chi connectivity index (χ1n) is 5.62. The van der Waals surface area contributed by atoms with Gasteiger partial charge in [0.1, 0.15) is 0 Å². The first-order valence-corrected chi connectivity index (χ1v) is 5.62. The van der Waals surface area contributed by atoms with Crippen molar-refractivity contribution in [1.82, 2.24) is 0 Å². The van der Waals surface area contributed by atoms with E-state index in [9.17, 15) is 22.4 Å². The zero-order valence-electron chi connectivity index (χ0n) is 10.4. The molecule has 0 N–H and O–H groups in total. The van der Waals surface area contributed by atoms with Crippen LogP contribution in [-0.4, -0.2) is 24.4 Å². The largest absolute Gasteiger partial charge is 0.466 e. The molecule has 104 valence electrons. The normalized spacial score (nSPS) is 11.7. The third kappa shape index (κ3) is 5.89. The molecule has 0 atom stereocenters. The van der Waals surface area contributed by atoms with Gasteiger partial charge in [-0.2, -0.15) is 17.6 Å². The number of rotatable bonds is 6. The smallest absolute Gasteiger partial charge is 0.370 e. The maximum absolute atomic E-state index is 12.9. The first-order chi connectivity index (χ1) is 8.23. The van der Waals surface area contributed by atoms with Gasteiger partial charge in [0.25, 0.3) is 0 Å². The first kappa shape index (κ1) is 16.8. The van der Waals surface area contributed by atoms with E-state index in [2.05, 4.69) is 4.74 Å². The van der Waals surface area contributed by atoms with E-state index >= 15 is 0 Å². The van der Waals surface area contributed by atoms with Crippen LogP contribution in [0.5, 0.6) is 0 Å². The quantitative estimate of drug-likeness (QED) is 0.319. The van der Waals surface area contributed by atoms with E-state index in [4.69, 9.17) is 0 Å². The zero-order chi connectivity index (χ0) is 14.2. The van der Waals surface area contributed by atoms with Gasteiger partial charge >= 0.3 is 17.8 Å². The van der Waals surface area contributed by atoms with Crippen LogP contribution >= 0.6 is 0 Å². The maximum atomic E-state index is 12.9. The lowest BCUT2D eigenvalue weighted by atomic mass is 10.1. The van der Waals surface area contributed by atoms with Gasteiger partial charge in [-0.1, -0.05) is 12.8 Å². The van der Waals surface area contributed by atoms with Crippen LogP contribution in [0.2, 0.25) is 0 Å². The molecule has 0 fully saturated rings. The lowest BCUT2D eigenvalue weighted by molar-refractivity contribution is -0.174. The molecule has 0 bridgehead atoms. The number of ether oxygens (including phenoxy) is 1. The van der Waals surface area contributed by atoms with Crippen LogP contribution in [0, 0.1) is 11.8 Å². The van der Waals surface area contributed by atoms with E-state index in [1.807, 2.05) is 5.92 Å². The van der Waals surface area contributed by atoms with Crippen molar-refractivity contribution in [3.05, 3.63) is 0 Å². The highest BCUT2D eigenvalue weighted by molar-refractivity contribution is 5.65. The molecule has 0 amide bonds. The van der Waals surface area contributed by atoms with Gasteiger partial charge in [-0.05, 0) is 18.8 Å². The Labute approximate surface area is 104 Å². The van der Waals surface area contributed by atoms with Crippen LogP contribution in [0.25, 0.3) is 0 Å². The van der Waals surface area contributed by atoms with Crippen molar-refractivity contribution in [3.63, 3.8) is 0 Å². The third-order valence-electron chi connectivity index (χ3n) is 2.15. The van der Waals surface area contributed by atoms with Gasteiger partial charge < -0.3 is 4.74 Å². The van der Waals surface area contributed by atoms with Crippen LogP contribution in [-0.2, 0) is 9.53 Å². The van der Waals surface area contributed by atoms with Gasteiger partial charge in [0.15, 0.2) is 0 Å². The summed E-state index contributed by atoms with van der Waals surface area (Å²) in [6.07, 6.45) is -0.0180. The third-order valence-corrected chi connectivity index (χ3v) is 2.15. The predicted molar refractivity (Wildman–Crippen MR) is 58.4 cm³/mol. The Kier molecular flexibility index (Phi) is 6.74. The molecule has 0 aliphatic heterocycles. The number of hydrogen-bond donors (Lipinski definition) is 0. The summed E-state index contributed by atoms with van der Waals surface area (Å²) in [5, 5.41) is 0. The summed E-state index contributed by atoms with van der Waals surface area (Å²) in [6, 6.07) is 0. The Morgan fingerprint density at radius 3 is 2.33 bits per heavy atom. The molecule has 0 spiro atoms. The van der Waals surface area contributed by atoms with Crippen LogP contribution in [0.4, 0.5) is 17.6 Å². The number of carbonyl (C=O) groups excluding carboxylic acids is 1. The molecule has 0 saturated heterocycles. The number of hydrogen-bond acceptors (Lipinski definition) is 2. The Balaban J connectivity index is 4.00. The molecule has 2 nitrogen and oxygen atoms in total. The van der Waals surface area contributed by atoms with Crippen molar-refractivity contribution < 1.29 is 27.1 Å². The average molecular weight is 268 g/mol. The Hall–Kier alpha value is -1.25. The van der Waals surface area contributed by atoms with Gasteiger partial charge in [0.2, 0.25) is 0 Å². The fourth-order valence-corrected chi connectivity index (χ4v) is 1.02. The van der Waals surface area contributed by atoms with Crippen molar-refractivity contribution in [2.75, 3.05) is 6.61 Å². The lowest BCUT2D eigenvalue weighted by Gasteiger charge is -2.20. The molecule has 0 rings (SSSR count). The Morgan fingerprint density at radius 2 is 1.83 bits per heavy atom. The maximum Gasteiger partial charge on any atom is 0.370 e. The molecule has 18 heavy (non-hydrogen) atoms. The van der Waals surface area contributed by atoms with E-state index in [0.29, 0.717) is 12.8 Å². The number of esters is 1. The Bertz CT molecular complexity index is 329. The second-order valence-electron chi connectivity index (χ2n) is 3.73. The Morgan fingerprint density at radius 1 is 1.22 bits per heavy atom. The highest BCUT2D eigenvalue weighted by Crippen LogP contribution is 2.36.